The van der Waals surface area contributed by atoms with Crippen molar-refractivity contribution in [1.29, 1.82) is 0 Å². The van der Waals surface area contributed by atoms with Crippen LogP contribution in [0.2, 0.25) is 0 Å². The highest BCUT2D eigenvalue weighted by Crippen LogP contribution is 2.24. The molecule has 0 spiro atoms. The summed E-state index contributed by atoms with van der Waals surface area (Å²) in [5, 5.41) is 19.8. The molecule has 0 aliphatic carbocycles. The van der Waals surface area contributed by atoms with E-state index in [0.717, 1.165) is 18.4 Å². The van der Waals surface area contributed by atoms with E-state index in [9.17, 15) is 10.2 Å². The Morgan fingerprint density at radius 1 is 1.21 bits per heavy atom. The first kappa shape index (κ1) is 16.2. The third-order valence-electron chi connectivity index (χ3n) is 3.40. The summed E-state index contributed by atoms with van der Waals surface area (Å²) in [5.74, 6) is -0.0217. The van der Waals surface area contributed by atoms with Crippen molar-refractivity contribution in [2.24, 2.45) is 5.92 Å². The molecule has 0 saturated carbocycles. The molecule has 0 unspecified atom stereocenters. The van der Waals surface area contributed by atoms with E-state index in [1.807, 2.05) is 38.2 Å². The van der Waals surface area contributed by atoms with Crippen LogP contribution >= 0.6 is 0 Å². The van der Waals surface area contributed by atoms with Gasteiger partial charge in [-0.1, -0.05) is 50.6 Å². The van der Waals surface area contributed by atoms with E-state index in [-0.39, 0.29) is 5.92 Å². The molecule has 1 heterocycles. The predicted molar refractivity (Wildman–Crippen MR) is 77.9 cm³/mol. The monoisotopic (exact) mass is 266 g/mol. The number of rotatable bonds is 5. The van der Waals surface area contributed by atoms with E-state index in [1.54, 1.807) is 0 Å². The number of hydrogen-bond acceptors (Lipinski definition) is 3. The van der Waals surface area contributed by atoms with Gasteiger partial charge in [0.05, 0.1) is 12.7 Å². The number of ether oxygens (including phenoxy) is 1. The Balaban J connectivity index is 2.54. The van der Waals surface area contributed by atoms with Crippen LogP contribution in [0.25, 0.3) is 0 Å². The number of allylic oxidation sites excluding steroid dienone is 5. The van der Waals surface area contributed by atoms with E-state index >= 15 is 0 Å². The number of hydrogen-bond donors (Lipinski definition) is 2. The van der Waals surface area contributed by atoms with Crippen LogP contribution in [0.4, 0.5) is 0 Å². The Morgan fingerprint density at radius 3 is 2.63 bits per heavy atom. The van der Waals surface area contributed by atoms with Gasteiger partial charge in [0.15, 0.2) is 0 Å². The van der Waals surface area contributed by atoms with Crippen molar-refractivity contribution in [3.63, 3.8) is 0 Å². The van der Waals surface area contributed by atoms with Gasteiger partial charge < -0.3 is 14.9 Å². The number of unbranched alkanes of at least 4 members (excludes halogenated alkanes) is 1. The summed E-state index contributed by atoms with van der Waals surface area (Å²) in [6, 6.07) is 0. The van der Waals surface area contributed by atoms with Gasteiger partial charge in [-0.15, -0.1) is 0 Å². The van der Waals surface area contributed by atoms with Gasteiger partial charge in [0.2, 0.25) is 0 Å². The molecule has 0 aromatic heterocycles. The summed E-state index contributed by atoms with van der Waals surface area (Å²) in [5.41, 5.74) is 0.929. The molecule has 1 aliphatic heterocycles. The molecule has 0 aromatic rings. The van der Waals surface area contributed by atoms with Crippen molar-refractivity contribution in [3.8, 4) is 0 Å². The fourth-order valence-corrected chi connectivity index (χ4v) is 2.08. The molecule has 3 heteroatoms. The first-order valence-corrected chi connectivity index (χ1v) is 7.05. The first-order valence-electron chi connectivity index (χ1n) is 7.05. The standard InChI is InChI=1S/C16H26O3/c1-4-5-6-7-8-9-10-12(2)16-15(18)14(17)13(3)11-19-16/h6-10,13-18H,4-5,11H2,1-3H3/b7-6+,9-8+,12-10+/t13-,14-,15+,16-/m0/s1. The van der Waals surface area contributed by atoms with E-state index in [4.69, 9.17) is 4.74 Å². The third-order valence-corrected chi connectivity index (χ3v) is 3.40. The Morgan fingerprint density at radius 2 is 1.95 bits per heavy atom. The zero-order valence-corrected chi connectivity index (χ0v) is 12.1. The van der Waals surface area contributed by atoms with E-state index in [1.165, 1.54) is 0 Å². The Labute approximate surface area is 116 Å². The molecular weight excluding hydrogens is 240 g/mol. The van der Waals surface area contributed by atoms with E-state index < -0.39 is 18.3 Å². The number of aliphatic hydroxyl groups is 2. The van der Waals surface area contributed by atoms with Gasteiger partial charge in [0, 0.05) is 5.92 Å². The molecule has 2 N–H and O–H groups in total. The second kappa shape index (κ2) is 8.31. The molecule has 1 rings (SSSR count). The largest absolute Gasteiger partial charge is 0.390 e. The Bertz CT molecular complexity index is 344. The minimum Gasteiger partial charge on any atom is -0.390 e. The lowest BCUT2D eigenvalue weighted by Crippen LogP contribution is -2.49. The summed E-state index contributed by atoms with van der Waals surface area (Å²) in [4.78, 5) is 0. The van der Waals surface area contributed by atoms with Gasteiger partial charge in [0.1, 0.15) is 12.2 Å². The lowest BCUT2D eigenvalue weighted by molar-refractivity contribution is -0.147. The van der Waals surface area contributed by atoms with Crippen LogP contribution in [0.15, 0.2) is 36.0 Å². The molecule has 0 aromatic carbocycles. The maximum Gasteiger partial charge on any atom is 0.110 e. The van der Waals surface area contributed by atoms with Gasteiger partial charge in [-0.25, -0.2) is 0 Å². The normalized spacial score (nSPS) is 33.4. The van der Waals surface area contributed by atoms with Crippen LogP contribution in [0.5, 0.6) is 0 Å². The highest BCUT2D eigenvalue weighted by Gasteiger charge is 2.36. The first-order chi connectivity index (χ1) is 9.07. The smallest absolute Gasteiger partial charge is 0.110 e. The summed E-state index contributed by atoms with van der Waals surface area (Å²) in [6.07, 6.45) is 10.2. The Hall–Kier alpha value is -0.900. The predicted octanol–water partition coefficient (Wildman–Crippen LogP) is 2.60. The van der Waals surface area contributed by atoms with Crippen LogP contribution < -0.4 is 0 Å². The van der Waals surface area contributed by atoms with Crippen LogP contribution in [0, 0.1) is 5.92 Å². The third kappa shape index (κ3) is 4.94. The Kier molecular flexibility index (Phi) is 7.06. The number of aliphatic hydroxyl groups excluding tert-OH is 2. The molecule has 3 nitrogen and oxygen atoms in total. The minimum absolute atomic E-state index is 0.0217. The fourth-order valence-electron chi connectivity index (χ4n) is 2.08. The molecule has 0 bridgehead atoms. The molecule has 108 valence electrons. The average Bonchev–Trinajstić information content (AvgIpc) is 2.40. The van der Waals surface area contributed by atoms with Crippen LogP contribution in [0.1, 0.15) is 33.6 Å². The van der Waals surface area contributed by atoms with Gasteiger partial charge in [0.25, 0.3) is 0 Å². The van der Waals surface area contributed by atoms with Crippen molar-refractivity contribution in [1.82, 2.24) is 0 Å². The van der Waals surface area contributed by atoms with Crippen molar-refractivity contribution in [3.05, 3.63) is 36.0 Å². The fraction of sp³-hybridized carbons (Fsp3) is 0.625. The second-order valence-corrected chi connectivity index (χ2v) is 5.22. The van der Waals surface area contributed by atoms with Crippen LogP contribution in [-0.2, 0) is 4.74 Å². The van der Waals surface area contributed by atoms with E-state index in [2.05, 4.69) is 13.0 Å². The van der Waals surface area contributed by atoms with Gasteiger partial charge in [-0.05, 0) is 18.9 Å². The second-order valence-electron chi connectivity index (χ2n) is 5.22. The molecule has 4 atom stereocenters. The summed E-state index contributed by atoms with van der Waals surface area (Å²) >= 11 is 0. The maximum atomic E-state index is 10.00. The van der Waals surface area contributed by atoms with Gasteiger partial charge >= 0.3 is 0 Å². The van der Waals surface area contributed by atoms with E-state index in [0.29, 0.717) is 6.61 Å². The molecule has 0 radical (unpaired) electrons. The molecule has 19 heavy (non-hydrogen) atoms. The minimum atomic E-state index is -0.843. The highest BCUT2D eigenvalue weighted by molar-refractivity contribution is 5.20. The summed E-state index contributed by atoms with van der Waals surface area (Å²) in [7, 11) is 0. The lowest BCUT2D eigenvalue weighted by atomic mass is 9.90. The van der Waals surface area contributed by atoms with Gasteiger partial charge in [-0.3, -0.25) is 0 Å². The van der Waals surface area contributed by atoms with Gasteiger partial charge in [-0.2, -0.15) is 0 Å². The summed E-state index contributed by atoms with van der Waals surface area (Å²) in [6.45, 7) is 6.42. The molecule has 1 aliphatic rings. The van der Waals surface area contributed by atoms with Crippen molar-refractivity contribution in [2.45, 2.75) is 51.9 Å². The van der Waals surface area contributed by atoms with Crippen molar-refractivity contribution in [2.75, 3.05) is 6.61 Å². The van der Waals surface area contributed by atoms with Crippen LogP contribution in [0.3, 0.4) is 0 Å². The van der Waals surface area contributed by atoms with Crippen molar-refractivity contribution < 1.29 is 14.9 Å². The molecular formula is C16H26O3. The zero-order chi connectivity index (χ0) is 14.3. The molecule has 1 saturated heterocycles. The zero-order valence-electron chi connectivity index (χ0n) is 12.1. The van der Waals surface area contributed by atoms with Crippen LogP contribution in [-0.4, -0.2) is 35.1 Å². The average molecular weight is 266 g/mol. The molecule has 0 amide bonds. The SMILES string of the molecule is CCC/C=C/C=C/C=C(\C)[C@@H]1OC[C@H](C)[C@H](O)[C@H]1O. The summed E-state index contributed by atoms with van der Waals surface area (Å²) < 4.78 is 5.60. The topological polar surface area (TPSA) is 49.7 Å². The quantitative estimate of drug-likeness (QED) is 0.752. The van der Waals surface area contributed by atoms with Crippen molar-refractivity contribution >= 4 is 0 Å². The molecule has 1 fully saturated rings. The maximum absolute atomic E-state index is 10.00. The lowest BCUT2D eigenvalue weighted by Gasteiger charge is -2.36. The highest BCUT2D eigenvalue weighted by atomic mass is 16.5.